The van der Waals surface area contributed by atoms with Crippen LogP contribution in [0.5, 0.6) is 5.88 Å². The van der Waals surface area contributed by atoms with Crippen LogP contribution in [0.4, 0.5) is 0 Å². The number of hydrogen-bond acceptors (Lipinski definition) is 5. The minimum Gasteiger partial charge on any atom is -0.477 e. The number of aromatic nitrogens is 3. The van der Waals surface area contributed by atoms with E-state index in [4.69, 9.17) is 9.47 Å². The van der Waals surface area contributed by atoms with E-state index < -0.39 is 0 Å². The van der Waals surface area contributed by atoms with Gasteiger partial charge in [-0.15, -0.1) is 0 Å². The second-order valence-corrected chi connectivity index (χ2v) is 6.17. The van der Waals surface area contributed by atoms with Crippen molar-refractivity contribution >= 4 is 5.91 Å². The van der Waals surface area contributed by atoms with Crippen LogP contribution in [0.25, 0.3) is 0 Å². The second kappa shape index (κ2) is 8.62. The lowest BCUT2D eigenvalue weighted by atomic mass is 10.0. The molecule has 1 fully saturated rings. The summed E-state index contributed by atoms with van der Waals surface area (Å²) in [4.78, 5) is 20.6. The van der Waals surface area contributed by atoms with Gasteiger partial charge in [0.1, 0.15) is 5.82 Å². The fraction of sp³-hybridized carbons (Fsp3) is 0.500. The van der Waals surface area contributed by atoms with Gasteiger partial charge in [-0.2, -0.15) is 0 Å². The Hall–Kier alpha value is -2.41. The first kappa shape index (κ1) is 17.4. The Bertz CT molecular complexity index is 695. The summed E-state index contributed by atoms with van der Waals surface area (Å²) in [6.45, 7) is 5.36. The van der Waals surface area contributed by atoms with E-state index >= 15 is 0 Å². The normalized spacial score (nSPS) is 15.1. The molecule has 1 saturated heterocycles. The van der Waals surface area contributed by atoms with Crippen LogP contribution >= 0.6 is 0 Å². The fourth-order valence-electron chi connectivity index (χ4n) is 2.78. The number of carbonyl (C=O) groups is 1. The summed E-state index contributed by atoms with van der Waals surface area (Å²) in [7, 11) is 0. The van der Waals surface area contributed by atoms with Crippen molar-refractivity contribution in [2.45, 2.75) is 26.3 Å². The highest BCUT2D eigenvalue weighted by atomic mass is 16.5. The Balaban J connectivity index is 1.48. The Morgan fingerprint density at radius 3 is 2.96 bits per heavy atom. The highest BCUT2D eigenvalue weighted by molar-refractivity contribution is 5.94. The third-order valence-corrected chi connectivity index (χ3v) is 4.37. The van der Waals surface area contributed by atoms with Crippen LogP contribution < -0.4 is 10.1 Å². The highest BCUT2D eigenvalue weighted by Gasteiger charge is 2.15. The van der Waals surface area contributed by atoms with E-state index in [1.807, 2.05) is 17.7 Å². The number of carbonyl (C=O) groups excluding carboxylic acids is 1. The van der Waals surface area contributed by atoms with Gasteiger partial charge in [0.2, 0.25) is 5.88 Å². The molecule has 0 saturated carbocycles. The Morgan fingerprint density at radius 2 is 2.20 bits per heavy atom. The van der Waals surface area contributed by atoms with E-state index in [0.717, 1.165) is 31.9 Å². The van der Waals surface area contributed by atoms with Crippen LogP contribution in [0, 0.1) is 12.8 Å². The summed E-state index contributed by atoms with van der Waals surface area (Å²) in [6.07, 6.45) is 7.27. The van der Waals surface area contributed by atoms with E-state index in [9.17, 15) is 4.79 Å². The van der Waals surface area contributed by atoms with Gasteiger partial charge >= 0.3 is 0 Å². The van der Waals surface area contributed by atoms with Crippen LogP contribution in [-0.4, -0.2) is 46.8 Å². The molecule has 1 aliphatic heterocycles. The molecule has 1 N–H and O–H groups in total. The summed E-state index contributed by atoms with van der Waals surface area (Å²) in [5.41, 5.74) is 0.555. The predicted octanol–water partition coefficient (Wildman–Crippen LogP) is 1.82. The van der Waals surface area contributed by atoms with Crippen LogP contribution in [0.3, 0.4) is 0 Å². The summed E-state index contributed by atoms with van der Waals surface area (Å²) >= 11 is 0. The van der Waals surface area contributed by atoms with E-state index in [-0.39, 0.29) is 5.91 Å². The first-order chi connectivity index (χ1) is 12.2. The zero-order valence-electron chi connectivity index (χ0n) is 14.5. The van der Waals surface area contributed by atoms with Crippen molar-refractivity contribution in [2.24, 2.45) is 5.92 Å². The van der Waals surface area contributed by atoms with Gasteiger partial charge in [0.15, 0.2) is 0 Å². The van der Waals surface area contributed by atoms with Gasteiger partial charge in [-0.1, -0.05) is 0 Å². The molecule has 3 heterocycles. The van der Waals surface area contributed by atoms with E-state index in [1.54, 1.807) is 24.5 Å². The van der Waals surface area contributed by atoms with E-state index in [0.29, 0.717) is 37.1 Å². The van der Waals surface area contributed by atoms with Gasteiger partial charge in [-0.25, -0.2) is 9.97 Å². The molecule has 0 atom stereocenters. The monoisotopic (exact) mass is 344 g/mol. The average molecular weight is 344 g/mol. The van der Waals surface area contributed by atoms with Crippen molar-refractivity contribution in [3.05, 3.63) is 42.1 Å². The molecule has 0 radical (unpaired) electrons. The maximum absolute atomic E-state index is 12.3. The van der Waals surface area contributed by atoms with Gasteiger partial charge < -0.3 is 19.4 Å². The molecule has 0 spiro atoms. The number of ether oxygens (including phenoxy) is 2. The molecule has 1 amide bonds. The average Bonchev–Trinajstić information content (AvgIpc) is 3.06. The minimum atomic E-state index is -0.129. The summed E-state index contributed by atoms with van der Waals surface area (Å²) in [5.74, 6) is 1.79. The topological polar surface area (TPSA) is 78.3 Å². The summed E-state index contributed by atoms with van der Waals surface area (Å²) < 4.78 is 13.1. The van der Waals surface area contributed by atoms with Gasteiger partial charge in [0, 0.05) is 56.5 Å². The number of amides is 1. The molecule has 134 valence electrons. The van der Waals surface area contributed by atoms with E-state index in [1.165, 1.54) is 0 Å². The molecule has 7 nitrogen and oxygen atoms in total. The number of rotatable bonds is 7. The number of aryl methyl sites for hydroxylation is 1. The maximum Gasteiger partial charge on any atom is 0.251 e. The van der Waals surface area contributed by atoms with Crippen LogP contribution in [0.1, 0.15) is 29.0 Å². The number of nitrogens with zero attached hydrogens (tertiary/aromatic N) is 3. The molecule has 0 aliphatic carbocycles. The first-order valence-electron chi connectivity index (χ1n) is 8.65. The van der Waals surface area contributed by atoms with Gasteiger partial charge in [-0.3, -0.25) is 4.79 Å². The third kappa shape index (κ3) is 5.03. The molecule has 25 heavy (non-hydrogen) atoms. The quantitative estimate of drug-likeness (QED) is 0.829. The van der Waals surface area contributed by atoms with Crippen LogP contribution in [0.15, 0.2) is 30.7 Å². The summed E-state index contributed by atoms with van der Waals surface area (Å²) in [5, 5.41) is 2.91. The van der Waals surface area contributed by atoms with E-state index in [2.05, 4.69) is 15.3 Å². The zero-order chi connectivity index (χ0) is 17.5. The third-order valence-electron chi connectivity index (χ3n) is 4.37. The molecule has 7 heteroatoms. The predicted molar refractivity (Wildman–Crippen MR) is 92.6 cm³/mol. The molecule has 0 unspecified atom stereocenters. The smallest absolute Gasteiger partial charge is 0.251 e. The SMILES string of the molecule is Cc1nccn1CCNC(=O)c1ccnc(OCC2CCOCC2)c1. The van der Waals surface area contributed by atoms with Crippen LogP contribution in [-0.2, 0) is 11.3 Å². The Morgan fingerprint density at radius 1 is 1.36 bits per heavy atom. The largest absolute Gasteiger partial charge is 0.477 e. The summed E-state index contributed by atoms with van der Waals surface area (Å²) in [6, 6.07) is 3.39. The molecular formula is C18H24N4O3. The first-order valence-corrected chi connectivity index (χ1v) is 8.65. The lowest BCUT2D eigenvalue weighted by molar-refractivity contribution is 0.0490. The van der Waals surface area contributed by atoms with Gasteiger partial charge in [0.05, 0.1) is 6.61 Å². The van der Waals surface area contributed by atoms with Crippen molar-refractivity contribution in [1.29, 1.82) is 0 Å². The minimum absolute atomic E-state index is 0.129. The molecule has 2 aromatic heterocycles. The van der Waals surface area contributed by atoms with Gasteiger partial charge in [0.25, 0.3) is 5.91 Å². The lowest BCUT2D eigenvalue weighted by Crippen LogP contribution is -2.27. The molecular weight excluding hydrogens is 320 g/mol. The Kier molecular flexibility index (Phi) is 6.00. The maximum atomic E-state index is 12.3. The lowest BCUT2D eigenvalue weighted by Gasteiger charge is -2.21. The molecule has 3 rings (SSSR count). The number of imidazole rings is 1. The standard InChI is InChI=1S/C18H24N4O3/c1-14-19-6-8-22(14)9-7-21-18(23)16-2-5-20-17(12-16)25-13-15-3-10-24-11-4-15/h2,5-6,8,12,15H,3-4,7,9-11,13H2,1H3,(H,21,23). The number of pyridine rings is 1. The van der Waals surface area contributed by atoms with Crippen molar-refractivity contribution in [3.63, 3.8) is 0 Å². The fourth-order valence-corrected chi connectivity index (χ4v) is 2.78. The van der Waals surface area contributed by atoms with Crippen molar-refractivity contribution in [2.75, 3.05) is 26.4 Å². The molecule has 1 aliphatic rings. The van der Waals surface area contributed by atoms with Crippen molar-refractivity contribution in [1.82, 2.24) is 19.9 Å². The highest BCUT2D eigenvalue weighted by Crippen LogP contribution is 2.17. The number of nitrogens with one attached hydrogen (secondary N) is 1. The number of hydrogen-bond donors (Lipinski definition) is 1. The second-order valence-electron chi connectivity index (χ2n) is 6.17. The molecule has 0 bridgehead atoms. The molecule has 2 aromatic rings. The zero-order valence-corrected chi connectivity index (χ0v) is 14.5. The van der Waals surface area contributed by atoms with Crippen molar-refractivity contribution in [3.8, 4) is 5.88 Å². The Labute approximate surface area is 147 Å². The van der Waals surface area contributed by atoms with Crippen molar-refractivity contribution < 1.29 is 14.3 Å². The van der Waals surface area contributed by atoms with Crippen LogP contribution in [0.2, 0.25) is 0 Å². The molecule has 0 aromatic carbocycles. The van der Waals surface area contributed by atoms with Gasteiger partial charge in [-0.05, 0) is 31.7 Å².